The lowest BCUT2D eigenvalue weighted by Gasteiger charge is -2.34. The molecule has 2 N–H and O–H groups in total. The van der Waals surface area contributed by atoms with Crippen LogP contribution in [0.2, 0.25) is 0 Å². The first-order valence-electron chi connectivity index (χ1n) is 9.26. The molecule has 2 aromatic rings. The van der Waals surface area contributed by atoms with E-state index in [1.54, 1.807) is 19.1 Å². The van der Waals surface area contributed by atoms with Crippen LogP contribution in [0.15, 0.2) is 42.5 Å². The minimum absolute atomic E-state index is 0.785. The lowest BCUT2D eigenvalue weighted by molar-refractivity contribution is -0.917. The van der Waals surface area contributed by atoms with Crippen LogP contribution in [0.4, 0.5) is 5.69 Å². The number of quaternary nitrogens is 1. The van der Waals surface area contributed by atoms with Gasteiger partial charge in [0.25, 0.3) is 0 Å². The molecule has 27 heavy (non-hydrogen) atoms. The van der Waals surface area contributed by atoms with Gasteiger partial charge in [-0.1, -0.05) is 11.6 Å². The van der Waals surface area contributed by atoms with E-state index in [2.05, 4.69) is 35.3 Å². The molecule has 1 saturated heterocycles. The molecule has 0 aliphatic carbocycles. The maximum atomic E-state index is 5.60. The van der Waals surface area contributed by atoms with E-state index in [1.807, 2.05) is 24.3 Å². The summed E-state index contributed by atoms with van der Waals surface area (Å²) in [4.78, 5) is 3.80. The molecule has 1 aliphatic heterocycles. The molecule has 6 heteroatoms. The number of nitrogens with one attached hydrogen (secondary N) is 2. The number of aryl methyl sites for hydroxylation is 1. The molecule has 0 spiro atoms. The fourth-order valence-electron chi connectivity index (χ4n) is 3.39. The molecule has 0 radical (unpaired) electrons. The lowest BCUT2D eigenvalue weighted by atomic mass is 10.1. The predicted octanol–water partition coefficient (Wildman–Crippen LogP) is 2.11. The molecule has 0 bridgehead atoms. The maximum absolute atomic E-state index is 5.60. The van der Waals surface area contributed by atoms with Crippen LogP contribution in [-0.2, 0) is 6.54 Å². The first-order chi connectivity index (χ1) is 13.1. The number of hydrogen-bond acceptors (Lipinski definition) is 3. The van der Waals surface area contributed by atoms with Gasteiger partial charge in [-0.25, -0.2) is 0 Å². The minimum atomic E-state index is 0.785. The molecule has 0 aromatic heterocycles. The number of methoxy groups -OCH3 is 2. The zero-order chi connectivity index (χ0) is 19.2. The highest BCUT2D eigenvalue weighted by Crippen LogP contribution is 2.19. The van der Waals surface area contributed by atoms with Crippen molar-refractivity contribution < 1.29 is 14.4 Å². The van der Waals surface area contributed by atoms with Gasteiger partial charge in [-0.05, 0) is 55.5 Å². The lowest BCUT2D eigenvalue weighted by Crippen LogP contribution is -3.13. The Hall–Kier alpha value is -2.31. The number of nitrogens with zero attached hydrogens (tertiary/aromatic N) is 1. The van der Waals surface area contributed by atoms with Crippen molar-refractivity contribution in [3.63, 3.8) is 0 Å². The molecule has 5 nitrogen and oxygen atoms in total. The summed E-state index contributed by atoms with van der Waals surface area (Å²) < 4.78 is 10.7. The van der Waals surface area contributed by atoms with Crippen molar-refractivity contribution in [1.82, 2.24) is 4.90 Å². The fraction of sp³-hybridized carbons (Fsp3) is 0.381. The standard InChI is InChI=1S/C21H27N3O2S/c1-16-4-9-20(26-3)17(14-16)15-23-10-12-24(13-11-23)21(27)22-18-5-7-19(25-2)8-6-18/h4-9,14H,10-13,15H2,1-3H3,(H,22,27)/p+1. The van der Waals surface area contributed by atoms with Crippen molar-refractivity contribution in [3.8, 4) is 11.5 Å². The third-order valence-electron chi connectivity index (χ3n) is 4.98. The van der Waals surface area contributed by atoms with Crippen LogP contribution in [0.1, 0.15) is 11.1 Å². The summed E-state index contributed by atoms with van der Waals surface area (Å²) in [7, 11) is 3.41. The molecule has 144 valence electrons. The van der Waals surface area contributed by atoms with Gasteiger partial charge in [-0.15, -0.1) is 0 Å². The van der Waals surface area contributed by atoms with Crippen LogP contribution in [0.25, 0.3) is 0 Å². The second kappa shape index (κ2) is 9.06. The average molecular weight is 387 g/mol. The van der Waals surface area contributed by atoms with Crippen molar-refractivity contribution in [2.75, 3.05) is 45.7 Å². The quantitative estimate of drug-likeness (QED) is 0.770. The van der Waals surface area contributed by atoms with E-state index < -0.39 is 0 Å². The number of rotatable bonds is 5. The van der Waals surface area contributed by atoms with Crippen LogP contribution in [0.3, 0.4) is 0 Å². The van der Waals surface area contributed by atoms with Gasteiger partial charge in [0.1, 0.15) is 18.0 Å². The van der Waals surface area contributed by atoms with Crippen molar-refractivity contribution in [2.45, 2.75) is 13.5 Å². The number of thiocarbonyl (C=S) groups is 1. The second-order valence-corrected chi connectivity index (χ2v) is 7.27. The molecular formula is C21H28N3O2S+. The molecular weight excluding hydrogens is 358 g/mol. The van der Waals surface area contributed by atoms with E-state index in [9.17, 15) is 0 Å². The van der Waals surface area contributed by atoms with Crippen LogP contribution in [0.5, 0.6) is 11.5 Å². The Bertz CT molecular complexity index is 771. The Morgan fingerprint density at radius 1 is 1.07 bits per heavy atom. The monoisotopic (exact) mass is 386 g/mol. The van der Waals surface area contributed by atoms with Gasteiger partial charge in [-0.3, -0.25) is 0 Å². The molecule has 0 atom stereocenters. The Morgan fingerprint density at radius 2 is 1.78 bits per heavy atom. The summed E-state index contributed by atoms with van der Waals surface area (Å²) in [6.45, 7) is 7.12. The van der Waals surface area contributed by atoms with Crippen molar-refractivity contribution in [3.05, 3.63) is 53.6 Å². The summed E-state index contributed by atoms with van der Waals surface area (Å²) in [5.74, 6) is 1.82. The summed E-state index contributed by atoms with van der Waals surface area (Å²) in [6, 6.07) is 14.2. The van der Waals surface area contributed by atoms with E-state index in [0.717, 1.165) is 55.0 Å². The van der Waals surface area contributed by atoms with Crippen LogP contribution in [-0.4, -0.2) is 50.4 Å². The molecule has 0 saturated carbocycles. The highest BCUT2D eigenvalue weighted by Gasteiger charge is 2.23. The number of anilines is 1. The van der Waals surface area contributed by atoms with Crippen LogP contribution >= 0.6 is 12.2 Å². The van der Waals surface area contributed by atoms with Crippen LogP contribution < -0.4 is 19.7 Å². The summed E-state index contributed by atoms with van der Waals surface area (Å²) in [5.41, 5.74) is 3.54. The molecule has 0 amide bonds. The van der Waals surface area contributed by atoms with Crippen molar-refractivity contribution in [2.24, 2.45) is 0 Å². The van der Waals surface area contributed by atoms with Gasteiger partial charge in [-0.2, -0.15) is 0 Å². The number of ether oxygens (including phenoxy) is 2. The van der Waals surface area contributed by atoms with E-state index in [-0.39, 0.29) is 0 Å². The van der Waals surface area contributed by atoms with Gasteiger partial charge in [0.15, 0.2) is 5.11 Å². The van der Waals surface area contributed by atoms with Gasteiger partial charge >= 0.3 is 0 Å². The van der Waals surface area contributed by atoms with E-state index in [1.165, 1.54) is 11.1 Å². The minimum Gasteiger partial charge on any atom is -0.497 e. The van der Waals surface area contributed by atoms with Crippen LogP contribution in [0, 0.1) is 6.92 Å². The average Bonchev–Trinajstić information content (AvgIpc) is 2.69. The molecule has 1 fully saturated rings. The third kappa shape index (κ3) is 5.11. The Morgan fingerprint density at radius 3 is 2.41 bits per heavy atom. The predicted molar refractivity (Wildman–Crippen MR) is 113 cm³/mol. The Labute approximate surface area is 166 Å². The fourth-order valence-corrected chi connectivity index (χ4v) is 3.69. The largest absolute Gasteiger partial charge is 0.497 e. The summed E-state index contributed by atoms with van der Waals surface area (Å²) in [6.07, 6.45) is 0. The molecule has 1 aliphatic rings. The topological polar surface area (TPSA) is 38.2 Å². The molecule has 1 heterocycles. The number of hydrogen-bond donors (Lipinski definition) is 2. The molecule has 3 rings (SSSR count). The SMILES string of the molecule is COc1ccc(NC(=S)N2CC[NH+](Cc3cc(C)ccc3OC)CC2)cc1. The zero-order valence-electron chi connectivity index (χ0n) is 16.2. The molecule has 0 unspecified atom stereocenters. The number of benzene rings is 2. The third-order valence-corrected chi connectivity index (χ3v) is 5.34. The van der Waals surface area contributed by atoms with Gasteiger partial charge in [0, 0.05) is 11.3 Å². The summed E-state index contributed by atoms with van der Waals surface area (Å²) >= 11 is 5.60. The maximum Gasteiger partial charge on any atom is 0.173 e. The van der Waals surface area contributed by atoms with E-state index in [4.69, 9.17) is 21.7 Å². The van der Waals surface area contributed by atoms with Crippen molar-refractivity contribution >= 4 is 23.0 Å². The van der Waals surface area contributed by atoms with E-state index >= 15 is 0 Å². The second-order valence-electron chi connectivity index (χ2n) is 6.89. The zero-order valence-corrected chi connectivity index (χ0v) is 17.1. The van der Waals surface area contributed by atoms with Gasteiger partial charge in [0.2, 0.25) is 0 Å². The Balaban J connectivity index is 1.52. The summed E-state index contributed by atoms with van der Waals surface area (Å²) in [5, 5.41) is 4.11. The normalized spacial score (nSPS) is 14.7. The van der Waals surface area contributed by atoms with Gasteiger partial charge < -0.3 is 24.6 Å². The Kier molecular flexibility index (Phi) is 6.53. The smallest absolute Gasteiger partial charge is 0.173 e. The van der Waals surface area contributed by atoms with E-state index in [0.29, 0.717) is 0 Å². The highest BCUT2D eigenvalue weighted by atomic mass is 32.1. The first-order valence-corrected chi connectivity index (χ1v) is 9.67. The van der Waals surface area contributed by atoms with Crippen molar-refractivity contribution in [1.29, 1.82) is 0 Å². The first kappa shape index (κ1) is 19.5. The highest BCUT2D eigenvalue weighted by molar-refractivity contribution is 7.80. The number of piperazine rings is 1. The van der Waals surface area contributed by atoms with Gasteiger partial charge in [0.05, 0.1) is 40.4 Å². The molecule has 2 aromatic carbocycles.